The number of nitrogens with two attached hydrogens (primary N) is 1. The number of benzene rings is 1. The third-order valence-electron chi connectivity index (χ3n) is 4.40. The Kier molecular flexibility index (Phi) is 8.55. The third-order valence-corrected chi connectivity index (χ3v) is 4.40. The molecule has 0 aliphatic heterocycles. The molecule has 0 bridgehead atoms. The van der Waals surface area contributed by atoms with E-state index < -0.39 is 5.41 Å². The second-order valence-electron chi connectivity index (χ2n) is 5.99. The van der Waals surface area contributed by atoms with Gasteiger partial charge in [-0.15, -0.1) is 0 Å². The number of unbranched alkanes of at least 4 members (excludes halogenated alkanes) is 6. The van der Waals surface area contributed by atoms with Crippen molar-refractivity contribution >= 4 is 0 Å². The molecule has 0 aliphatic rings. The van der Waals surface area contributed by atoms with Crippen LogP contribution in [0.15, 0.2) is 24.3 Å². The Labute approximate surface area is 128 Å². The van der Waals surface area contributed by atoms with Crippen LogP contribution in [0.25, 0.3) is 0 Å². The van der Waals surface area contributed by atoms with Crippen molar-refractivity contribution in [3.63, 3.8) is 0 Å². The van der Waals surface area contributed by atoms with Crippen LogP contribution in [-0.2, 0) is 5.41 Å². The lowest BCUT2D eigenvalue weighted by molar-refractivity contribution is 0.181. The van der Waals surface area contributed by atoms with E-state index in [0.29, 0.717) is 5.56 Å². The molecule has 0 saturated heterocycles. The quantitative estimate of drug-likeness (QED) is 0.602. The first kappa shape index (κ1) is 18.1. The van der Waals surface area contributed by atoms with Crippen molar-refractivity contribution in [2.75, 3.05) is 13.2 Å². The lowest BCUT2D eigenvalue weighted by Crippen LogP contribution is -2.39. The van der Waals surface area contributed by atoms with Crippen LogP contribution in [0.1, 0.15) is 63.9 Å². The molecule has 21 heavy (non-hydrogen) atoms. The molecule has 0 amide bonds. The van der Waals surface area contributed by atoms with Crippen molar-refractivity contribution in [2.45, 2.75) is 63.7 Å². The van der Waals surface area contributed by atoms with Crippen molar-refractivity contribution in [1.82, 2.24) is 0 Å². The Morgan fingerprint density at radius 2 is 1.67 bits per heavy atom. The van der Waals surface area contributed by atoms with E-state index >= 15 is 0 Å². The predicted octanol–water partition coefficient (Wildman–Crippen LogP) is 4.16. The number of aliphatic hydroxyl groups is 1. The van der Waals surface area contributed by atoms with Gasteiger partial charge in [-0.05, 0) is 18.1 Å². The first-order valence-corrected chi connectivity index (χ1v) is 8.26. The summed E-state index contributed by atoms with van der Waals surface area (Å²) in [5, 5.41) is 9.78. The van der Waals surface area contributed by atoms with Crippen LogP contribution in [0.5, 0.6) is 0 Å². The molecule has 1 aromatic rings. The van der Waals surface area contributed by atoms with Crippen molar-refractivity contribution in [2.24, 2.45) is 5.73 Å². The fourth-order valence-corrected chi connectivity index (χ4v) is 2.89. The van der Waals surface area contributed by atoms with E-state index in [1.54, 1.807) is 12.1 Å². The maximum absolute atomic E-state index is 14.0. The number of aliphatic hydroxyl groups excluding tert-OH is 1. The minimum absolute atomic E-state index is 0.0970. The lowest BCUT2D eigenvalue weighted by atomic mass is 9.76. The molecule has 1 aromatic carbocycles. The molecule has 0 spiro atoms. The van der Waals surface area contributed by atoms with Crippen LogP contribution in [0.3, 0.4) is 0 Å². The highest BCUT2D eigenvalue weighted by Gasteiger charge is 2.32. The Balaban J connectivity index is 2.52. The summed E-state index contributed by atoms with van der Waals surface area (Å²) in [6, 6.07) is 6.67. The Morgan fingerprint density at radius 1 is 1.05 bits per heavy atom. The topological polar surface area (TPSA) is 46.2 Å². The second kappa shape index (κ2) is 9.91. The number of hydrogen-bond acceptors (Lipinski definition) is 2. The highest BCUT2D eigenvalue weighted by Crippen LogP contribution is 2.31. The van der Waals surface area contributed by atoms with Crippen LogP contribution in [0, 0.1) is 5.82 Å². The van der Waals surface area contributed by atoms with Gasteiger partial charge in [-0.3, -0.25) is 0 Å². The van der Waals surface area contributed by atoms with Crippen LogP contribution in [-0.4, -0.2) is 18.3 Å². The summed E-state index contributed by atoms with van der Waals surface area (Å²) in [7, 11) is 0. The van der Waals surface area contributed by atoms with E-state index in [-0.39, 0.29) is 19.0 Å². The molecule has 0 fully saturated rings. The normalized spacial score (nSPS) is 14.1. The first-order valence-electron chi connectivity index (χ1n) is 8.26. The smallest absolute Gasteiger partial charge is 0.127 e. The number of hydrogen-bond donors (Lipinski definition) is 2. The summed E-state index contributed by atoms with van der Waals surface area (Å²) in [5.74, 6) is -0.264. The van der Waals surface area contributed by atoms with E-state index in [1.165, 1.54) is 38.2 Å². The summed E-state index contributed by atoms with van der Waals surface area (Å²) in [6.45, 7) is 2.39. The van der Waals surface area contributed by atoms with Gasteiger partial charge in [0.15, 0.2) is 0 Å². The van der Waals surface area contributed by atoms with E-state index in [4.69, 9.17) is 5.73 Å². The van der Waals surface area contributed by atoms with Crippen molar-refractivity contribution in [3.05, 3.63) is 35.6 Å². The van der Waals surface area contributed by atoms with Gasteiger partial charge in [-0.25, -0.2) is 4.39 Å². The molecule has 1 rings (SSSR count). The Morgan fingerprint density at radius 3 is 2.24 bits per heavy atom. The maximum Gasteiger partial charge on any atom is 0.127 e. The van der Waals surface area contributed by atoms with Crippen molar-refractivity contribution in [1.29, 1.82) is 0 Å². The highest BCUT2D eigenvalue weighted by molar-refractivity contribution is 5.28. The minimum atomic E-state index is -0.630. The minimum Gasteiger partial charge on any atom is -0.395 e. The Bertz CT molecular complexity index is 391. The van der Waals surface area contributed by atoms with Gasteiger partial charge in [0.05, 0.1) is 6.61 Å². The van der Waals surface area contributed by atoms with Crippen LogP contribution in [0.2, 0.25) is 0 Å². The zero-order chi connectivity index (χ0) is 15.6. The number of halogens is 1. The summed E-state index contributed by atoms with van der Waals surface area (Å²) >= 11 is 0. The zero-order valence-electron chi connectivity index (χ0n) is 13.3. The van der Waals surface area contributed by atoms with Gasteiger partial charge >= 0.3 is 0 Å². The Hall–Kier alpha value is -0.930. The number of rotatable bonds is 11. The van der Waals surface area contributed by atoms with Crippen molar-refractivity contribution < 1.29 is 9.50 Å². The molecule has 3 N–H and O–H groups in total. The molecule has 3 heteroatoms. The molecule has 1 unspecified atom stereocenters. The fourth-order valence-electron chi connectivity index (χ4n) is 2.89. The SMILES string of the molecule is CCCCCCCCCC(CN)(CO)c1ccccc1F. The monoisotopic (exact) mass is 295 g/mol. The van der Waals surface area contributed by atoms with Gasteiger partial charge in [-0.1, -0.05) is 70.1 Å². The molecule has 0 saturated carbocycles. The van der Waals surface area contributed by atoms with Gasteiger partial charge in [0, 0.05) is 12.0 Å². The second-order valence-corrected chi connectivity index (χ2v) is 5.99. The molecule has 0 heterocycles. The molecule has 0 aromatic heterocycles. The molecule has 1 atom stereocenters. The average molecular weight is 295 g/mol. The van der Waals surface area contributed by atoms with Gasteiger partial charge in [0.2, 0.25) is 0 Å². The van der Waals surface area contributed by atoms with E-state index in [9.17, 15) is 9.50 Å². The van der Waals surface area contributed by atoms with E-state index in [1.807, 2.05) is 6.07 Å². The standard InChI is InChI=1S/C18H30FNO/c1-2-3-4-5-6-7-10-13-18(14-20,15-21)16-11-8-9-12-17(16)19/h8-9,11-12,21H,2-7,10,13-15,20H2,1H3. The van der Waals surface area contributed by atoms with Gasteiger partial charge < -0.3 is 10.8 Å². The highest BCUT2D eigenvalue weighted by atomic mass is 19.1. The summed E-state index contributed by atoms with van der Waals surface area (Å²) in [4.78, 5) is 0. The lowest BCUT2D eigenvalue weighted by Gasteiger charge is -2.31. The molecule has 2 nitrogen and oxygen atoms in total. The zero-order valence-corrected chi connectivity index (χ0v) is 13.3. The molecular weight excluding hydrogens is 265 g/mol. The molecule has 0 aliphatic carbocycles. The van der Waals surface area contributed by atoms with Crippen LogP contribution < -0.4 is 5.73 Å². The third kappa shape index (κ3) is 5.40. The molecule has 120 valence electrons. The molecule has 0 radical (unpaired) electrons. The fraction of sp³-hybridized carbons (Fsp3) is 0.667. The molecular formula is C18H30FNO. The first-order chi connectivity index (χ1) is 10.2. The van der Waals surface area contributed by atoms with Crippen molar-refractivity contribution in [3.8, 4) is 0 Å². The summed E-state index contributed by atoms with van der Waals surface area (Å²) in [6.07, 6.45) is 9.19. The van der Waals surface area contributed by atoms with Gasteiger partial charge in [0.1, 0.15) is 5.82 Å². The van der Waals surface area contributed by atoms with E-state index in [2.05, 4.69) is 6.92 Å². The van der Waals surface area contributed by atoms with Gasteiger partial charge in [-0.2, -0.15) is 0 Å². The van der Waals surface area contributed by atoms with E-state index in [0.717, 1.165) is 19.3 Å². The summed E-state index contributed by atoms with van der Waals surface area (Å²) in [5.41, 5.74) is 5.80. The van der Waals surface area contributed by atoms with Gasteiger partial charge in [0.25, 0.3) is 0 Å². The maximum atomic E-state index is 14.0. The van der Waals surface area contributed by atoms with Crippen LogP contribution >= 0.6 is 0 Å². The van der Waals surface area contributed by atoms with Crippen LogP contribution in [0.4, 0.5) is 4.39 Å². The largest absolute Gasteiger partial charge is 0.395 e. The summed E-state index contributed by atoms with van der Waals surface area (Å²) < 4.78 is 14.0. The average Bonchev–Trinajstić information content (AvgIpc) is 2.52. The predicted molar refractivity (Wildman–Crippen MR) is 86.8 cm³/mol.